The van der Waals surface area contributed by atoms with Crippen molar-refractivity contribution in [3.8, 4) is 0 Å². The van der Waals surface area contributed by atoms with Crippen LogP contribution in [0.1, 0.15) is 44.9 Å². The van der Waals surface area contributed by atoms with E-state index in [4.69, 9.17) is 0 Å². The van der Waals surface area contributed by atoms with E-state index in [2.05, 4.69) is 22.4 Å². The van der Waals surface area contributed by atoms with Crippen LogP contribution in [0, 0.1) is 0 Å². The minimum absolute atomic E-state index is 0.673. The molecule has 2 saturated heterocycles. The Hall–Kier alpha value is -0.340. The molecule has 0 aromatic carbocycles. The summed E-state index contributed by atoms with van der Waals surface area (Å²) in [5.41, 5.74) is 0. The van der Waals surface area contributed by atoms with Gasteiger partial charge in [0.25, 0.3) is 0 Å². The standard InChI is InChI=1S/C14H24N2/c1-2-5-12(6-3-1)15-13-8-10-16-9-4-7-14(16)11-13/h2,5,12-15H,1,3-4,6-11H2. The third-order valence-electron chi connectivity index (χ3n) is 4.52. The van der Waals surface area contributed by atoms with Crippen molar-refractivity contribution < 1.29 is 0 Å². The Bertz CT molecular complexity index is 261. The molecule has 0 amide bonds. The van der Waals surface area contributed by atoms with Crippen molar-refractivity contribution in [2.24, 2.45) is 0 Å². The van der Waals surface area contributed by atoms with Crippen LogP contribution in [-0.4, -0.2) is 36.1 Å². The van der Waals surface area contributed by atoms with Crippen LogP contribution in [0.5, 0.6) is 0 Å². The molecule has 0 aromatic heterocycles. The lowest BCUT2D eigenvalue weighted by molar-refractivity contribution is 0.162. The third kappa shape index (κ3) is 2.33. The quantitative estimate of drug-likeness (QED) is 0.718. The van der Waals surface area contributed by atoms with E-state index < -0.39 is 0 Å². The molecule has 0 aromatic rings. The Balaban J connectivity index is 1.52. The molecule has 3 aliphatic rings. The Morgan fingerprint density at radius 3 is 2.94 bits per heavy atom. The van der Waals surface area contributed by atoms with Crippen LogP contribution in [0.25, 0.3) is 0 Å². The van der Waals surface area contributed by atoms with Gasteiger partial charge in [-0.1, -0.05) is 12.2 Å². The lowest BCUT2D eigenvalue weighted by Gasteiger charge is -2.37. The topological polar surface area (TPSA) is 15.3 Å². The average molecular weight is 220 g/mol. The van der Waals surface area contributed by atoms with Gasteiger partial charge in [0.05, 0.1) is 0 Å². The second kappa shape index (κ2) is 4.89. The van der Waals surface area contributed by atoms with E-state index in [0.717, 1.165) is 12.1 Å². The van der Waals surface area contributed by atoms with Crippen molar-refractivity contribution in [1.82, 2.24) is 10.2 Å². The summed E-state index contributed by atoms with van der Waals surface area (Å²) in [5, 5.41) is 3.86. The molecule has 3 atom stereocenters. The number of rotatable bonds is 2. The maximum atomic E-state index is 3.86. The maximum absolute atomic E-state index is 3.86. The van der Waals surface area contributed by atoms with Gasteiger partial charge < -0.3 is 10.2 Å². The number of nitrogens with one attached hydrogen (secondary N) is 1. The summed E-state index contributed by atoms with van der Waals surface area (Å²) in [4.78, 5) is 2.70. The smallest absolute Gasteiger partial charge is 0.0252 e. The molecular formula is C14H24N2. The van der Waals surface area contributed by atoms with Crippen LogP contribution in [-0.2, 0) is 0 Å². The van der Waals surface area contributed by atoms with E-state index in [1.165, 1.54) is 58.0 Å². The van der Waals surface area contributed by atoms with Crippen LogP contribution >= 0.6 is 0 Å². The third-order valence-corrected chi connectivity index (χ3v) is 4.52. The SMILES string of the molecule is C1=CC(NC2CCN3CCCC3C2)CCC1. The maximum Gasteiger partial charge on any atom is 0.0252 e. The van der Waals surface area contributed by atoms with E-state index in [0.29, 0.717) is 6.04 Å². The fraction of sp³-hybridized carbons (Fsp3) is 0.857. The molecule has 90 valence electrons. The molecule has 1 aliphatic carbocycles. The zero-order valence-electron chi connectivity index (χ0n) is 10.2. The average Bonchev–Trinajstić information content (AvgIpc) is 2.77. The Kier molecular flexibility index (Phi) is 3.30. The molecule has 0 radical (unpaired) electrons. The Labute approximate surface area is 99.1 Å². The fourth-order valence-electron chi connectivity index (χ4n) is 3.63. The number of nitrogens with zero attached hydrogens (tertiary/aromatic N) is 1. The van der Waals surface area contributed by atoms with E-state index in [1.807, 2.05) is 0 Å². The van der Waals surface area contributed by atoms with Crippen LogP contribution in [0.2, 0.25) is 0 Å². The summed E-state index contributed by atoms with van der Waals surface area (Å²) < 4.78 is 0. The Morgan fingerprint density at radius 2 is 2.06 bits per heavy atom. The number of allylic oxidation sites excluding steroid dienone is 1. The minimum atomic E-state index is 0.673. The van der Waals surface area contributed by atoms with Gasteiger partial charge in [-0.2, -0.15) is 0 Å². The molecule has 16 heavy (non-hydrogen) atoms. The lowest BCUT2D eigenvalue weighted by atomic mass is 9.95. The molecule has 0 spiro atoms. The molecular weight excluding hydrogens is 196 g/mol. The molecule has 3 rings (SSSR count). The van der Waals surface area contributed by atoms with Crippen LogP contribution in [0.4, 0.5) is 0 Å². The molecule has 2 aliphatic heterocycles. The van der Waals surface area contributed by atoms with Gasteiger partial charge in [-0.25, -0.2) is 0 Å². The molecule has 3 unspecified atom stereocenters. The van der Waals surface area contributed by atoms with Crippen molar-refractivity contribution in [1.29, 1.82) is 0 Å². The van der Waals surface area contributed by atoms with Gasteiger partial charge in [0.2, 0.25) is 0 Å². The molecule has 1 N–H and O–H groups in total. The van der Waals surface area contributed by atoms with Crippen LogP contribution in [0.3, 0.4) is 0 Å². The van der Waals surface area contributed by atoms with Gasteiger partial charge in [0.15, 0.2) is 0 Å². The molecule has 0 saturated carbocycles. The summed E-state index contributed by atoms with van der Waals surface area (Å²) >= 11 is 0. The summed E-state index contributed by atoms with van der Waals surface area (Å²) in [5.74, 6) is 0. The van der Waals surface area contributed by atoms with Crippen molar-refractivity contribution >= 4 is 0 Å². The summed E-state index contributed by atoms with van der Waals surface area (Å²) in [6, 6.07) is 2.36. The number of hydrogen-bond acceptors (Lipinski definition) is 2. The molecule has 2 nitrogen and oxygen atoms in total. The van der Waals surface area contributed by atoms with Crippen molar-refractivity contribution in [3.63, 3.8) is 0 Å². The van der Waals surface area contributed by atoms with E-state index in [9.17, 15) is 0 Å². The summed E-state index contributed by atoms with van der Waals surface area (Å²) in [7, 11) is 0. The predicted octanol–water partition coefficient (Wildman–Crippen LogP) is 2.31. The first kappa shape index (κ1) is 10.8. The minimum Gasteiger partial charge on any atom is -0.308 e. The van der Waals surface area contributed by atoms with Crippen LogP contribution < -0.4 is 5.32 Å². The second-order valence-electron chi connectivity index (χ2n) is 5.69. The molecule has 2 fully saturated rings. The van der Waals surface area contributed by atoms with Gasteiger partial charge in [-0.15, -0.1) is 0 Å². The number of piperidine rings is 1. The largest absolute Gasteiger partial charge is 0.308 e. The summed E-state index contributed by atoms with van der Waals surface area (Å²) in [6.07, 6.45) is 14.4. The molecule has 0 bridgehead atoms. The highest BCUT2D eigenvalue weighted by molar-refractivity contribution is 5.00. The number of hydrogen-bond donors (Lipinski definition) is 1. The fourth-order valence-corrected chi connectivity index (χ4v) is 3.63. The first-order chi connectivity index (χ1) is 7.92. The molecule has 2 heteroatoms. The molecule has 2 heterocycles. The van der Waals surface area contributed by atoms with Crippen molar-refractivity contribution in [2.45, 2.75) is 63.1 Å². The first-order valence-electron chi connectivity index (χ1n) is 7.08. The zero-order chi connectivity index (χ0) is 10.8. The monoisotopic (exact) mass is 220 g/mol. The highest BCUT2D eigenvalue weighted by atomic mass is 15.2. The predicted molar refractivity (Wildman–Crippen MR) is 67.5 cm³/mol. The van der Waals surface area contributed by atoms with E-state index in [-0.39, 0.29) is 0 Å². The van der Waals surface area contributed by atoms with Gasteiger partial charge in [-0.3, -0.25) is 0 Å². The van der Waals surface area contributed by atoms with Gasteiger partial charge in [-0.05, 0) is 58.0 Å². The van der Waals surface area contributed by atoms with E-state index in [1.54, 1.807) is 0 Å². The van der Waals surface area contributed by atoms with Gasteiger partial charge >= 0.3 is 0 Å². The zero-order valence-corrected chi connectivity index (χ0v) is 10.2. The Morgan fingerprint density at radius 1 is 1.06 bits per heavy atom. The van der Waals surface area contributed by atoms with Gasteiger partial charge in [0.1, 0.15) is 0 Å². The highest BCUT2D eigenvalue weighted by Gasteiger charge is 2.32. The number of fused-ring (bicyclic) bond motifs is 1. The lowest BCUT2D eigenvalue weighted by Crippen LogP contribution is -2.48. The van der Waals surface area contributed by atoms with Crippen molar-refractivity contribution in [2.75, 3.05) is 13.1 Å². The van der Waals surface area contributed by atoms with Crippen molar-refractivity contribution in [3.05, 3.63) is 12.2 Å². The van der Waals surface area contributed by atoms with Crippen LogP contribution in [0.15, 0.2) is 12.2 Å². The first-order valence-corrected chi connectivity index (χ1v) is 7.08. The van der Waals surface area contributed by atoms with E-state index >= 15 is 0 Å². The normalized spacial score (nSPS) is 39.9. The van der Waals surface area contributed by atoms with Gasteiger partial charge in [0, 0.05) is 18.1 Å². The second-order valence-corrected chi connectivity index (χ2v) is 5.69. The highest BCUT2D eigenvalue weighted by Crippen LogP contribution is 2.27. The summed E-state index contributed by atoms with van der Waals surface area (Å²) in [6.45, 7) is 2.69.